The summed E-state index contributed by atoms with van der Waals surface area (Å²) in [4.78, 5) is 0. The molecule has 0 bridgehead atoms. The van der Waals surface area contributed by atoms with E-state index in [1.54, 1.807) is 0 Å². The number of ether oxygens (including phenoxy) is 1. The summed E-state index contributed by atoms with van der Waals surface area (Å²) < 4.78 is 109. The van der Waals surface area contributed by atoms with Crippen LogP contribution in [0.25, 0.3) is 0 Å². The van der Waals surface area contributed by atoms with Gasteiger partial charge >= 0.3 is 40.9 Å². The van der Waals surface area contributed by atoms with Gasteiger partial charge in [0.15, 0.2) is 21.7 Å². The van der Waals surface area contributed by atoms with E-state index in [1.165, 1.54) is 0 Å². The van der Waals surface area contributed by atoms with E-state index in [-0.39, 0.29) is 41.7 Å². The Labute approximate surface area is 130 Å². The first-order chi connectivity index (χ1) is 8.38. The van der Waals surface area contributed by atoms with Crippen molar-refractivity contribution in [1.29, 1.82) is 0 Å². The van der Waals surface area contributed by atoms with Gasteiger partial charge in [0.2, 0.25) is 0 Å². The van der Waals surface area contributed by atoms with Crippen molar-refractivity contribution < 1.29 is 73.6 Å². The molecule has 108 valence electrons. The molecule has 0 aromatic heterocycles. The van der Waals surface area contributed by atoms with E-state index in [0.29, 0.717) is 6.07 Å². The Kier molecular flexibility index (Phi) is 5.95. The molecule has 12 heteroatoms. The standard InChI is InChI=1S/C8H4F6O4S.Na/c9-4-1-2-6(5(10)3-4)18-7(11,12)8(13,14)19(15,16)17;/h1-3H,(H,15,16,17);/q;+1/p-1. The van der Waals surface area contributed by atoms with Gasteiger partial charge in [-0.1, -0.05) is 0 Å². The third kappa shape index (κ3) is 3.79. The van der Waals surface area contributed by atoms with Crippen molar-refractivity contribution in [3.63, 3.8) is 0 Å². The number of hydrogen-bond acceptors (Lipinski definition) is 4. The van der Waals surface area contributed by atoms with Crippen LogP contribution in [-0.4, -0.2) is 24.3 Å². The van der Waals surface area contributed by atoms with Crippen LogP contribution in [0.15, 0.2) is 18.2 Å². The summed E-state index contributed by atoms with van der Waals surface area (Å²) in [5, 5.41) is -6.12. The van der Waals surface area contributed by atoms with Crippen molar-refractivity contribution in [3.8, 4) is 5.75 Å². The number of alkyl halides is 4. The van der Waals surface area contributed by atoms with Crippen molar-refractivity contribution in [2.75, 3.05) is 0 Å². The summed E-state index contributed by atoms with van der Waals surface area (Å²) in [5.41, 5.74) is 0. The SMILES string of the molecule is O=S(=O)([O-])C(F)(F)C(F)(F)Oc1ccc(F)cc1F.[Na+]. The summed E-state index contributed by atoms with van der Waals surface area (Å²) in [6.45, 7) is 0. The van der Waals surface area contributed by atoms with Crippen LogP contribution in [0.5, 0.6) is 5.75 Å². The Bertz CT molecular complexity index is 591. The zero-order valence-corrected chi connectivity index (χ0v) is 12.4. The summed E-state index contributed by atoms with van der Waals surface area (Å²) in [6, 6.07) is 0.666. The van der Waals surface area contributed by atoms with E-state index in [1.807, 2.05) is 0 Å². The van der Waals surface area contributed by atoms with Gasteiger partial charge < -0.3 is 9.29 Å². The van der Waals surface area contributed by atoms with E-state index < -0.39 is 38.9 Å². The van der Waals surface area contributed by atoms with Crippen LogP contribution in [0.1, 0.15) is 0 Å². The van der Waals surface area contributed by atoms with Crippen molar-refractivity contribution >= 4 is 10.1 Å². The molecule has 0 spiro atoms. The molecular weight excluding hydrogens is 329 g/mol. The predicted octanol–water partition coefficient (Wildman–Crippen LogP) is -0.922. The molecule has 1 aromatic rings. The zero-order chi connectivity index (χ0) is 15.1. The largest absolute Gasteiger partial charge is 1.00 e. The molecule has 0 fully saturated rings. The molecule has 0 radical (unpaired) electrons. The topological polar surface area (TPSA) is 66.4 Å². The molecule has 0 aliphatic carbocycles. The molecule has 20 heavy (non-hydrogen) atoms. The second-order valence-electron chi connectivity index (χ2n) is 3.16. The van der Waals surface area contributed by atoms with E-state index in [9.17, 15) is 39.3 Å². The molecule has 0 saturated carbocycles. The van der Waals surface area contributed by atoms with Gasteiger partial charge in [-0.05, 0) is 12.1 Å². The van der Waals surface area contributed by atoms with Gasteiger partial charge in [0.25, 0.3) is 0 Å². The number of halogens is 6. The Morgan fingerprint density at radius 3 is 2.00 bits per heavy atom. The number of rotatable bonds is 4. The molecular formula is C8H3F6NaO4S. The van der Waals surface area contributed by atoms with Crippen LogP contribution >= 0.6 is 0 Å². The maximum atomic E-state index is 12.9. The van der Waals surface area contributed by atoms with Crippen LogP contribution in [-0.2, 0) is 10.1 Å². The second kappa shape index (κ2) is 6.10. The molecule has 1 aromatic carbocycles. The van der Waals surface area contributed by atoms with Crippen molar-refractivity contribution in [2.24, 2.45) is 0 Å². The van der Waals surface area contributed by atoms with E-state index in [4.69, 9.17) is 0 Å². The molecule has 0 aliphatic rings. The fourth-order valence-electron chi connectivity index (χ4n) is 0.901. The first-order valence-corrected chi connectivity index (χ1v) is 5.64. The zero-order valence-electron chi connectivity index (χ0n) is 9.54. The fourth-order valence-corrected chi connectivity index (χ4v) is 1.23. The Morgan fingerprint density at radius 1 is 1.10 bits per heavy atom. The first-order valence-electron chi connectivity index (χ1n) is 4.23. The molecule has 0 saturated heterocycles. The maximum absolute atomic E-state index is 12.9. The number of benzene rings is 1. The van der Waals surface area contributed by atoms with Gasteiger partial charge in [0, 0.05) is 6.07 Å². The van der Waals surface area contributed by atoms with Crippen molar-refractivity contribution in [3.05, 3.63) is 29.8 Å². The monoisotopic (exact) mass is 332 g/mol. The van der Waals surface area contributed by atoms with E-state index in [2.05, 4.69) is 4.74 Å². The van der Waals surface area contributed by atoms with Crippen molar-refractivity contribution in [2.45, 2.75) is 11.4 Å². The maximum Gasteiger partial charge on any atom is 1.00 e. The van der Waals surface area contributed by atoms with Crippen LogP contribution < -0.4 is 34.3 Å². The molecule has 1 rings (SSSR count). The molecule has 0 N–H and O–H groups in total. The van der Waals surface area contributed by atoms with Crippen LogP contribution in [0.3, 0.4) is 0 Å². The first kappa shape index (κ1) is 19.5. The quantitative estimate of drug-likeness (QED) is 0.406. The van der Waals surface area contributed by atoms with Crippen LogP contribution in [0, 0.1) is 11.6 Å². The number of hydrogen-bond donors (Lipinski definition) is 0. The third-order valence-electron chi connectivity index (χ3n) is 1.78. The minimum atomic E-state index is -6.76. The van der Waals surface area contributed by atoms with E-state index >= 15 is 0 Å². The molecule has 0 amide bonds. The van der Waals surface area contributed by atoms with Crippen LogP contribution in [0.4, 0.5) is 26.3 Å². The minimum Gasteiger partial charge on any atom is -0.743 e. The molecule has 0 heterocycles. The van der Waals surface area contributed by atoms with Gasteiger partial charge in [-0.2, -0.15) is 17.6 Å². The van der Waals surface area contributed by atoms with Gasteiger partial charge in [0.05, 0.1) is 0 Å². The summed E-state index contributed by atoms with van der Waals surface area (Å²) in [5.74, 6) is -4.54. The summed E-state index contributed by atoms with van der Waals surface area (Å²) in [6.07, 6.45) is -5.83. The Morgan fingerprint density at radius 2 is 1.60 bits per heavy atom. The molecule has 0 unspecified atom stereocenters. The van der Waals surface area contributed by atoms with Gasteiger partial charge in [0.1, 0.15) is 5.82 Å². The van der Waals surface area contributed by atoms with Crippen LogP contribution in [0.2, 0.25) is 0 Å². The van der Waals surface area contributed by atoms with Gasteiger partial charge in [-0.15, -0.1) is 0 Å². The van der Waals surface area contributed by atoms with Crippen molar-refractivity contribution in [1.82, 2.24) is 0 Å². The summed E-state index contributed by atoms with van der Waals surface area (Å²) in [7, 11) is -6.76. The average molecular weight is 332 g/mol. The molecule has 4 nitrogen and oxygen atoms in total. The third-order valence-corrected chi connectivity index (χ3v) is 2.65. The van der Waals surface area contributed by atoms with Gasteiger partial charge in [-0.3, -0.25) is 0 Å². The Hall–Kier alpha value is -0.490. The van der Waals surface area contributed by atoms with E-state index in [0.717, 1.165) is 0 Å². The minimum absolute atomic E-state index is 0. The molecule has 0 aliphatic heterocycles. The normalized spacial score (nSPS) is 12.8. The smallest absolute Gasteiger partial charge is 0.743 e. The average Bonchev–Trinajstić information content (AvgIpc) is 2.20. The predicted molar refractivity (Wildman–Crippen MR) is 46.6 cm³/mol. The fraction of sp³-hybridized carbons (Fsp3) is 0.250. The van der Waals surface area contributed by atoms with Gasteiger partial charge in [-0.25, -0.2) is 17.2 Å². The second-order valence-corrected chi connectivity index (χ2v) is 4.59. The summed E-state index contributed by atoms with van der Waals surface area (Å²) >= 11 is 0. The Balaban J connectivity index is 0.00000361. The molecule has 0 atom stereocenters.